The molecule has 54 heavy (non-hydrogen) atoms. The quantitative estimate of drug-likeness (QED) is 0.0272. The summed E-state index contributed by atoms with van der Waals surface area (Å²) in [7, 11) is 0. The van der Waals surface area contributed by atoms with E-state index in [0.717, 1.165) is 77.0 Å². The van der Waals surface area contributed by atoms with Gasteiger partial charge in [0.05, 0.1) is 6.42 Å². The van der Waals surface area contributed by atoms with Crippen molar-refractivity contribution in [1.29, 1.82) is 0 Å². The van der Waals surface area contributed by atoms with Crippen LogP contribution in [0.5, 0.6) is 0 Å². The summed E-state index contributed by atoms with van der Waals surface area (Å²) in [6.45, 7) is 6.28. The Morgan fingerprint density at radius 2 is 0.833 bits per heavy atom. The van der Waals surface area contributed by atoms with Crippen LogP contribution in [0.3, 0.4) is 0 Å². The number of esters is 3. The average molecular weight is 751 g/mol. The highest BCUT2D eigenvalue weighted by atomic mass is 16.6. The van der Waals surface area contributed by atoms with Gasteiger partial charge in [-0.15, -0.1) is 0 Å². The molecule has 0 fully saturated rings. The van der Waals surface area contributed by atoms with Crippen LogP contribution in [0, 0.1) is 0 Å². The first-order valence-electron chi connectivity index (χ1n) is 21.6. The molecule has 0 spiro atoms. The van der Waals surface area contributed by atoms with Crippen molar-refractivity contribution >= 4 is 17.9 Å². The smallest absolute Gasteiger partial charge is 0.309 e. The zero-order valence-electron chi connectivity index (χ0n) is 34.7. The second-order valence-corrected chi connectivity index (χ2v) is 13.9. The molecule has 0 rings (SSSR count). The molecular weight excluding hydrogens is 673 g/mol. The molecule has 0 heterocycles. The molecule has 1 unspecified atom stereocenters. The van der Waals surface area contributed by atoms with Crippen molar-refractivity contribution < 1.29 is 28.6 Å². The minimum absolute atomic E-state index is 0.123. The summed E-state index contributed by atoms with van der Waals surface area (Å²) < 4.78 is 16.5. The summed E-state index contributed by atoms with van der Waals surface area (Å²) in [5.74, 6) is -1.14. The lowest BCUT2D eigenvalue weighted by Gasteiger charge is -2.18. The fraction of sp³-hybridized carbons (Fsp3) is 0.646. The summed E-state index contributed by atoms with van der Waals surface area (Å²) in [5.41, 5.74) is 0. The number of unbranched alkanes of at least 4 members (excludes halogenated alkanes) is 13. The van der Waals surface area contributed by atoms with Crippen molar-refractivity contribution in [2.45, 2.75) is 187 Å². The van der Waals surface area contributed by atoms with Crippen LogP contribution in [0.1, 0.15) is 181 Å². The van der Waals surface area contributed by atoms with Crippen LogP contribution in [0.4, 0.5) is 0 Å². The highest BCUT2D eigenvalue weighted by Gasteiger charge is 2.19. The Morgan fingerprint density at radius 3 is 1.43 bits per heavy atom. The fourth-order valence-electron chi connectivity index (χ4n) is 5.38. The maximum atomic E-state index is 12.6. The average Bonchev–Trinajstić information content (AvgIpc) is 3.17. The van der Waals surface area contributed by atoms with Crippen LogP contribution in [-0.2, 0) is 28.6 Å². The van der Waals surface area contributed by atoms with Gasteiger partial charge < -0.3 is 14.2 Å². The highest BCUT2D eigenvalue weighted by molar-refractivity contribution is 5.72. The van der Waals surface area contributed by atoms with Crippen molar-refractivity contribution in [3.8, 4) is 0 Å². The van der Waals surface area contributed by atoms with Crippen LogP contribution in [-0.4, -0.2) is 37.2 Å². The number of hydrogen-bond acceptors (Lipinski definition) is 6. The molecule has 6 heteroatoms. The summed E-state index contributed by atoms with van der Waals surface area (Å²) in [4.78, 5) is 37.5. The van der Waals surface area contributed by atoms with Gasteiger partial charge >= 0.3 is 17.9 Å². The molecule has 0 bridgehead atoms. The third-order valence-corrected chi connectivity index (χ3v) is 8.64. The van der Waals surface area contributed by atoms with Gasteiger partial charge in [0, 0.05) is 12.8 Å². The Bertz CT molecular complexity index is 1090. The van der Waals surface area contributed by atoms with Gasteiger partial charge in [0.25, 0.3) is 0 Å². The van der Waals surface area contributed by atoms with E-state index in [4.69, 9.17) is 14.2 Å². The Morgan fingerprint density at radius 1 is 0.407 bits per heavy atom. The first kappa shape index (κ1) is 50.6. The van der Waals surface area contributed by atoms with Crippen LogP contribution in [0.2, 0.25) is 0 Å². The lowest BCUT2D eigenvalue weighted by molar-refractivity contribution is -0.166. The topological polar surface area (TPSA) is 78.9 Å². The Labute approximate surface area is 331 Å². The van der Waals surface area contributed by atoms with Gasteiger partial charge in [-0.05, 0) is 83.5 Å². The first-order chi connectivity index (χ1) is 26.5. The third kappa shape index (κ3) is 39.8. The second kappa shape index (κ2) is 42.3. The van der Waals surface area contributed by atoms with E-state index in [1.54, 1.807) is 6.08 Å². The summed E-state index contributed by atoms with van der Waals surface area (Å²) in [6.07, 6.45) is 53.3. The van der Waals surface area contributed by atoms with Gasteiger partial charge in [-0.2, -0.15) is 0 Å². The normalized spacial score (nSPS) is 12.9. The number of rotatable bonds is 37. The Balaban J connectivity index is 4.51. The van der Waals surface area contributed by atoms with E-state index in [1.165, 1.54) is 57.8 Å². The van der Waals surface area contributed by atoms with E-state index in [2.05, 4.69) is 93.7 Å². The van der Waals surface area contributed by atoms with Crippen LogP contribution < -0.4 is 0 Å². The van der Waals surface area contributed by atoms with Gasteiger partial charge in [-0.25, -0.2) is 0 Å². The fourth-order valence-corrected chi connectivity index (χ4v) is 5.38. The first-order valence-corrected chi connectivity index (χ1v) is 21.6. The molecule has 6 nitrogen and oxygen atoms in total. The van der Waals surface area contributed by atoms with E-state index >= 15 is 0 Å². The van der Waals surface area contributed by atoms with E-state index in [1.807, 2.05) is 6.08 Å². The number of allylic oxidation sites excluding steroid dienone is 13. The number of carbonyl (C=O) groups excluding carboxylic acids is 3. The van der Waals surface area contributed by atoms with Crippen LogP contribution in [0.25, 0.3) is 0 Å². The maximum Gasteiger partial charge on any atom is 0.309 e. The Hall–Kier alpha value is -3.41. The predicted molar refractivity (Wildman–Crippen MR) is 228 cm³/mol. The molecule has 0 radical (unpaired) electrons. The SMILES string of the molecule is CC/C=C\C/C=C\C/C=C\CC(=O)OCC(COC(=O)CCC/C=C\C/C=C\C/C=C\CCCCCCCC)OC(=O)CCCCCC/C=C\CCCC. The van der Waals surface area contributed by atoms with Crippen LogP contribution >= 0.6 is 0 Å². The molecule has 0 saturated carbocycles. The van der Waals surface area contributed by atoms with E-state index < -0.39 is 12.1 Å². The molecule has 0 amide bonds. The highest BCUT2D eigenvalue weighted by Crippen LogP contribution is 2.11. The second-order valence-electron chi connectivity index (χ2n) is 13.9. The summed E-state index contributed by atoms with van der Waals surface area (Å²) >= 11 is 0. The van der Waals surface area contributed by atoms with Gasteiger partial charge in [0.1, 0.15) is 13.2 Å². The molecule has 0 aromatic carbocycles. The van der Waals surface area contributed by atoms with Crippen molar-refractivity contribution in [2.75, 3.05) is 13.2 Å². The summed E-state index contributed by atoms with van der Waals surface area (Å²) in [5, 5.41) is 0. The molecule has 0 aliphatic heterocycles. The van der Waals surface area contributed by atoms with E-state index in [0.29, 0.717) is 6.42 Å². The van der Waals surface area contributed by atoms with Crippen LogP contribution in [0.15, 0.2) is 85.1 Å². The lowest BCUT2D eigenvalue weighted by atomic mass is 10.1. The molecule has 1 atom stereocenters. The minimum Gasteiger partial charge on any atom is -0.462 e. The van der Waals surface area contributed by atoms with Gasteiger partial charge in [0.2, 0.25) is 0 Å². The summed E-state index contributed by atoms with van der Waals surface area (Å²) in [6, 6.07) is 0. The van der Waals surface area contributed by atoms with Gasteiger partial charge in [-0.1, -0.05) is 164 Å². The molecule has 306 valence electrons. The van der Waals surface area contributed by atoms with Crippen molar-refractivity contribution in [1.82, 2.24) is 0 Å². The monoisotopic (exact) mass is 751 g/mol. The van der Waals surface area contributed by atoms with E-state index in [9.17, 15) is 14.4 Å². The standard InChI is InChI=1S/C48H78O6/c1-4-7-10-13-16-19-21-22-23-24-25-26-27-30-32-35-38-41-47(50)53-44-45(43-52-46(49)40-37-34-31-28-18-15-12-9-6-3)54-48(51)42-39-36-33-29-20-17-14-11-8-5-2/h9,12,14,17-18,22-23,25-26,28,30,32,34,37,45H,4-8,10-11,13,15-16,19-21,24,27,29,31,33,35-36,38-44H2,1-3H3/b12-9-,17-14-,23-22-,26-25-,28-18-,32-30-,37-34-. The third-order valence-electron chi connectivity index (χ3n) is 8.64. The molecular formula is C48H78O6. The van der Waals surface area contributed by atoms with Crippen molar-refractivity contribution in [3.05, 3.63) is 85.1 Å². The molecule has 0 aromatic heterocycles. The zero-order chi connectivity index (χ0) is 39.4. The molecule has 0 N–H and O–H groups in total. The van der Waals surface area contributed by atoms with Crippen molar-refractivity contribution in [2.24, 2.45) is 0 Å². The van der Waals surface area contributed by atoms with Gasteiger partial charge in [0.15, 0.2) is 6.10 Å². The predicted octanol–water partition coefficient (Wildman–Crippen LogP) is 13.7. The molecule has 0 aliphatic carbocycles. The Kier molecular flexibility index (Phi) is 39.7. The van der Waals surface area contributed by atoms with E-state index in [-0.39, 0.29) is 44.4 Å². The minimum atomic E-state index is -0.834. The molecule has 0 aromatic rings. The van der Waals surface area contributed by atoms with Gasteiger partial charge in [-0.3, -0.25) is 14.4 Å². The number of ether oxygens (including phenoxy) is 3. The number of hydrogen-bond donors (Lipinski definition) is 0. The zero-order valence-corrected chi connectivity index (χ0v) is 34.7. The number of carbonyl (C=O) groups is 3. The lowest BCUT2D eigenvalue weighted by Crippen LogP contribution is -2.30. The molecule has 0 saturated heterocycles. The van der Waals surface area contributed by atoms with Crippen molar-refractivity contribution in [3.63, 3.8) is 0 Å². The largest absolute Gasteiger partial charge is 0.462 e. The maximum absolute atomic E-state index is 12.6. The molecule has 0 aliphatic rings.